The zero-order valence-electron chi connectivity index (χ0n) is 42.8. The van der Waals surface area contributed by atoms with Crippen LogP contribution in [-0.2, 0) is 5.41 Å². The molecule has 2 nitrogen and oxygen atoms in total. The third-order valence-corrected chi connectivity index (χ3v) is 20.9. The predicted molar refractivity (Wildman–Crippen MR) is 325 cm³/mol. The first-order chi connectivity index (χ1) is 38.0. The molecule has 2 bridgehead atoms. The van der Waals surface area contributed by atoms with Crippen LogP contribution in [0.15, 0.2) is 231 Å². The van der Waals surface area contributed by atoms with E-state index < -0.39 is 0 Å². The van der Waals surface area contributed by atoms with E-state index in [0.29, 0.717) is 11.3 Å². The maximum absolute atomic E-state index is 2.63. The van der Waals surface area contributed by atoms with Crippen LogP contribution in [0, 0.1) is 23.2 Å². The average Bonchev–Trinajstić information content (AvgIpc) is 4.08. The first-order valence-corrected chi connectivity index (χ1v) is 28.7. The van der Waals surface area contributed by atoms with E-state index in [1.165, 1.54) is 150 Å². The molecule has 14 aromatic rings. The van der Waals surface area contributed by atoms with E-state index in [0.717, 1.165) is 17.5 Å². The van der Waals surface area contributed by atoms with Gasteiger partial charge in [0.1, 0.15) is 0 Å². The van der Waals surface area contributed by atoms with Crippen LogP contribution in [0.3, 0.4) is 0 Å². The van der Waals surface area contributed by atoms with Crippen molar-refractivity contribution < 1.29 is 0 Å². The van der Waals surface area contributed by atoms with Gasteiger partial charge in [-0.05, 0) is 176 Å². The summed E-state index contributed by atoms with van der Waals surface area (Å²) >= 11 is 1.93. The van der Waals surface area contributed by atoms with Gasteiger partial charge in [0.25, 0.3) is 0 Å². The number of rotatable bonds is 5. The summed E-state index contributed by atoms with van der Waals surface area (Å²) in [4.78, 5) is 0. The standard InChI is InChI=1S/C74H52N2S/c1-44-41-73-42-51(73)39-52(43-73)74(44)65-18-7-4-14-57(65)58-30-23-47(35-66(58)74)50-26-33-63-64-34-29-54(40-72(64)77-71(63)38-50)76-68-20-9-6-16-60(68)62-32-25-49(37-70(62)76)48-24-31-61-59-15-5-8-19-67(59)75(69(61)36-48)53-27-21-46(22-28-53)56-17-10-12-45-11-2-3-13-55(45)56/h2-38,40,44,51-52H,39,41-43H2,1H3. The molecule has 4 aliphatic carbocycles. The van der Waals surface area contributed by atoms with Crippen LogP contribution in [0.25, 0.3) is 130 Å². The molecular weight excluding hydrogens is 949 g/mol. The van der Waals surface area contributed by atoms with E-state index in [2.05, 4.69) is 247 Å². The number of thiophene rings is 1. The Morgan fingerprint density at radius 2 is 0.883 bits per heavy atom. The summed E-state index contributed by atoms with van der Waals surface area (Å²) in [6, 6.07) is 87.7. The summed E-state index contributed by atoms with van der Waals surface area (Å²) in [5, 5.41) is 10.2. The maximum atomic E-state index is 2.63. The summed E-state index contributed by atoms with van der Waals surface area (Å²) < 4.78 is 7.60. The van der Waals surface area contributed by atoms with Crippen LogP contribution in [0.2, 0.25) is 0 Å². The molecule has 5 unspecified atom stereocenters. The van der Waals surface area contributed by atoms with Gasteiger partial charge < -0.3 is 9.13 Å². The van der Waals surface area contributed by atoms with Crippen molar-refractivity contribution in [2.75, 3.05) is 0 Å². The van der Waals surface area contributed by atoms with E-state index in [1.807, 2.05) is 11.3 Å². The lowest BCUT2D eigenvalue weighted by Crippen LogP contribution is -2.44. The van der Waals surface area contributed by atoms with Crippen LogP contribution >= 0.6 is 11.3 Å². The van der Waals surface area contributed by atoms with Crippen molar-refractivity contribution >= 4 is 85.9 Å². The molecule has 3 fully saturated rings. The molecule has 5 atom stereocenters. The molecule has 0 aliphatic heterocycles. The van der Waals surface area contributed by atoms with Crippen molar-refractivity contribution in [1.82, 2.24) is 9.13 Å². The third kappa shape index (κ3) is 5.80. The largest absolute Gasteiger partial charge is 0.309 e. The number of hydrogen-bond donors (Lipinski definition) is 0. The topological polar surface area (TPSA) is 9.86 Å². The zero-order valence-corrected chi connectivity index (χ0v) is 43.6. The molecule has 77 heavy (non-hydrogen) atoms. The summed E-state index contributed by atoms with van der Waals surface area (Å²) in [6.07, 6.45) is 5.68. The van der Waals surface area contributed by atoms with Gasteiger partial charge in [0.15, 0.2) is 0 Å². The molecular formula is C74H52N2S. The predicted octanol–water partition coefficient (Wildman–Crippen LogP) is 20.1. The molecule has 0 N–H and O–H groups in total. The fraction of sp³-hybridized carbons (Fsp3) is 0.135. The summed E-state index contributed by atoms with van der Waals surface area (Å²) in [5.74, 6) is 2.34. The normalized spacial score (nSPS) is 21.1. The number of aromatic nitrogens is 2. The van der Waals surface area contributed by atoms with E-state index in [1.54, 1.807) is 11.1 Å². The lowest BCUT2D eigenvalue weighted by Gasteiger charge is -2.48. The second-order valence-electron chi connectivity index (χ2n) is 23.4. The first-order valence-electron chi connectivity index (χ1n) is 27.9. The van der Waals surface area contributed by atoms with E-state index >= 15 is 0 Å². The molecule has 0 radical (unpaired) electrons. The van der Waals surface area contributed by atoms with Crippen molar-refractivity contribution in [1.29, 1.82) is 0 Å². The Kier molecular flexibility index (Phi) is 8.50. The van der Waals surface area contributed by atoms with Gasteiger partial charge >= 0.3 is 0 Å². The third-order valence-electron chi connectivity index (χ3n) is 19.8. The molecule has 0 saturated heterocycles. The number of benzene rings is 11. The second-order valence-corrected chi connectivity index (χ2v) is 24.5. The highest BCUT2D eigenvalue weighted by atomic mass is 32.1. The van der Waals surface area contributed by atoms with Gasteiger partial charge in [-0.15, -0.1) is 11.3 Å². The number of nitrogens with zero attached hydrogens (tertiary/aromatic N) is 2. The van der Waals surface area contributed by atoms with Gasteiger partial charge in [-0.2, -0.15) is 0 Å². The smallest absolute Gasteiger partial charge is 0.0547 e. The average molecular weight is 1000 g/mol. The highest BCUT2D eigenvalue weighted by molar-refractivity contribution is 7.25. The Morgan fingerprint density at radius 1 is 0.364 bits per heavy atom. The van der Waals surface area contributed by atoms with Crippen molar-refractivity contribution in [2.45, 2.75) is 38.0 Å². The van der Waals surface area contributed by atoms with Gasteiger partial charge in [0, 0.05) is 58.5 Å². The molecule has 2 spiro atoms. The Labute approximate surface area is 451 Å². The van der Waals surface area contributed by atoms with E-state index in [4.69, 9.17) is 0 Å². The lowest BCUT2D eigenvalue weighted by atomic mass is 9.54. The van der Waals surface area contributed by atoms with Gasteiger partial charge in [-0.1, -0.05) is 177 Å². The molecule has 3 saturated carbocycles. The Morgan fingerprint density at radius 3 is 1.65 bits per heavy atom. The molecule has 0 amide bonds. The van der Waals surface area contributed by atoms with Gasteiger partial charge in [0.05, 0.1) is 22.1 Å². The Balaban J connectivity index is 0.730. The minimum absolute atomic E-state index is 0.120. The minimum Gasteiger partial charge on any atom is -0.309 e. The van der Waals surface area contributed by atoms with Crippen molar-refractivity contribution in [2.24, 2.45) is 23.2 Å². The van der Waals surface area contributed by atoms with Crippen LogP contribution in [0.4, 0.5) is 0 Å². The number of hydrogen-bond acceptors (Lipinski definition) is 1. The lowest BCUT2D eigenvalue weighted by molar-refractivity contribution is 0.130. The number of fused-ring (bicyclic) bond motifs is 17. The van der Waals surface area contributed by atoms with Crippen LogP contribution in [0.5, 0.6) is 0 Å². The molecule has 3 heterocycles. The zero-order chi connectivity index (χ0) is 50.3. The molecule has 18 rings (SSSR count). The van der Waals surface area contributed by atoms with Gasteiger partial charge in [-0.25, -0.2) is 0 Å². The fourth-order valence-corrected chi connectivity index (χ4v) is 17.7. The SMILES string of the molecule is CC1CC23CC2CC(C3)C12c1ccccc1-c1ccc(-c3ccc4c(c3)sc3cc(-n5c6ccccc6c6ccc(-c7ccc8c9ccccc9n(-c9ccc(-c%10cccc%11ccccc%10%11)cc9)c8c7)cc65)ccc34)cc12. The van der Waals surface area contributed by atoms with Crippen molar-refractivity contribution in [3.8, 4) is 55.9 Å². The van der Waals surface area contributed by atoms with E-state index in [-0.39, 0.29) is 5.41 Å². The van der Waals surface area contributed by atoms with Crippen molar-refractivity contribution in [3.63, 3.8) is 0 Å². The van der Waals surface area contributed by atoms with Crippen molar-refractivity contribution in [3.05, 3.63) is 242 Å². The Bertz CT molecular complexity index is 4870. The molecule has 3 heteroatoms. The first kappa shape index (κ1) is 42.7. The molecule has 11 aromatic carbocycles. The monoisotopic (exact) mass is 1000 g/mol. The molecule has 364 valence electrons. The highest BCUT2D eigenvalue weighted by Crippen LogP contribution is 2.78. The second kappa shape index (κ2) is 15.3. The molecule has 3 aromatic heterocycles. The van der Waals surface area contributed by atoms with Crippen LogP contribution < -0.4 is 0 Å². The maximum Gasteiger partial charge on any atom is 0.0547 e. The summed E-state index contributed by atoms with van der Waals surface area (Å²) in [7, 11) is 0. The summed E-state index contributed by atoms with van der Waals surface area (Å²) in [5.41, 5.74) is 21.6. The van der Waals surface area contributed by atoms with Gasteiger partial charge in [0.2, 0.25) is 0 Å². The van der Waals surface area contributed by atoms with Gasteiger partial charge in [-0.3, -0.25) is 0 Å². The fourth-order valence-electron chi connectivity index (χ4n) is 16.5. The number of para-hydroxylation sites is 2. The highest BCUT2D eigenvalue weighted by Gasteiger charge is 2.70. The van der Waals surface area contributed by atoms with Crippen LogP contribution in [0.1, 0.15) is 43.7 Å². The van der Waals surface area contributed by atoms with E-state index in [9.17, 15) is 0 Å². The summed E-state index contributed by atoms with van der Waals surface area (Å²) in [6.45, 7) is 2.60. The van der Waals surface area contributed by atoms with Crippen LogP contribution in [-0.4, -0.2) is 9.13 Å². The quantitative estimate of drug-likeness (QED) is 0.163. The molecule has 4 aliphatic rings. The minimum atomic E-state index is 0.120. The Hall–Kier alpha value is -8.50.